The third-order valence-corrected chi connectivity index (χ3v) is 3.00. The largest absolute Gasteiger partial charge is 0.386 e. The minimum absolute atomic E-state index is 0.410. The first kappa shape index (κ1) is 7.35. The molecule has 1 saturated carbocycles. The molecule has 2 unspecified atom stereocenters. The summed E-state index contributed by atoms with van der Waals surface area (Å²) in [6, 6.07) is 0. The first-order chi connectivity index (χ1) is 5.21. The van der Waals surface area contributed by atoms with Crippen LogP contribution in [0.5, 0.6) is 0 Å². The van der Waals surface area contributed by atoms with Gasteiger partial charge in [-0.05, 0) is 37.5 Å². The number of allylic oxidation sites excluding steroid dienone is 1. The Labute approximate surface area is 68.1 Å². The van der Waals surface area contributed by atoms with E-state index in [9.17, 15) is 5.11 Å². The molecular formula is C10H16O. The van der Waals surface area contributed by atoms with E-state index in [4.69, 9.17) is 0 Å². The fourth-order valence-corrected chi connectivity index (χ4v) is 1.89. The minimum atomic E-state index is -0.410. The molecule has 0 spiro atoms. The molecule has 0 aromatic carbocycles. The quantitative estimate of drug-likeness (QED) is 0.570. The molecule has 0 heterocycles. The molecule has 0 radical (unpaired) electrons. The molecule has 1 nitrogen and oxygen atoms in total. The van der Waals surface area contributed by atoms with Crippen molar-refractivity contribution in [2.24, 2.45) is 11.8 Å². The molecule has 0 aromatic rings. The van der Waals surface area contributed by atoms with Crippen LogP contribution in [0.4, 0.5) is 0 Å². The summed E-state index contributed by atoms with van der Waals surface area (Å²) in [5.41, 5.74) is -0.410. The predicted octanol–water partition coefficient (Wildman–Crippen LogP) is 2.11. The van der Waals surface area contributed by atoms with Crippen LogP contribution in [0.1, 0.15) is 32.6 Å². The van der Waals surface area contributed by atoms with Gasteiger partial charge >= 0.3 is 0 Å². The van der Waals surface area contributed by atoms with Gasteiger partial charge in [-0.2, -0.15) is 0 Å². The molecule has 11 heavy (non-hydrogen) atoms. The highest BCUT2D eigenvalue weighted by Crippen LogP contribution is 2.45. The van der Waals surface area contributed by atoms with Crippen molar-refractivity contribution < 1.29 is 5.11 Å². The van der Waals surface area contributed by atoms with Crippen LogP contribution < -0.4 is 0 Å². The van der Waals surface area contributed by atoms with Gasteiger partial charge in [0.1, 0.15) is 0 Å². The number of hydrogen-bond donors (Lipinski definition) is 1. The van der Waals surface area contributed by atoms with Gasteiger partial charge in [-0.15, -0.1) is 0 Å². The maximum atomic E-state index is 10.0. The molecule has 2 aliphatic rings. The van der Waals surface area contributed by atoms with Crippen LogP contribution in [0.2, 0.25) is 0 Å². The Kier molecular flexibility index (Phi) is 1.57. The van der Waals surface area contributed by atoms with E-state index >= 15 is 0 Å². The molecule has 0 aromatic heterocycles. The van der Waals surface area contributed by atoms with Crippen LogP contribution in [0, 0.1) is 11.8 Å². The van der Waals surface area contributed by atoms with Crippen molar-refractivity contribution in [1.82, 2.24) is 0 Å². The van der Waals surface area contributed by atoms with Crippen molar-refractivity contribution in [3.63, 3.8) is 0 Å². The summed E-state index contributed by atoms with van der Waals surface area (Å²) in [6.07, 6.45) is 8.81. The lowest BCUT2D eigenvalue weighted by Crippen LogP contribution is -2.31. The summed E-state index contributed by atoms with van der Waals surface area (Å²) < 4.78 is 0. The first-order valence-corrected chi connectivity index (χ1v) is 4.62. The van der Waals surface area contributed by atoms with E-state index < -0.39 is 5.60 Å². The highest BCUT2D eigenvalue weighted by Gasteiger charge is 2.42. The Morgan fingerprint density at radius 3 is 2.55 bits per heavy atom. The molecule has 1 heteroatoms. The zero-order chi connectivity index (χ0) is 7.90. The van der Waals surface area contributed by atoms with Crippen molar-refractivity contribution in [2.45, 2.75) is 38.2 Å². The summed E-state index contributed by atoms with van der Waals surface area (Å²) in [4.78, 5) is 0. The Bertz CT molecular complexity index is 181. The Hall–Kier alpha value is -0.300. The van der Waals surface area contributed by atoms with Crippen molar-refractivity contribution in [1.29, 1.82) is 0 Å². The average Bonchev–Trinajstić information content (AvgIpc) is 2.77. The van der Waals surface area contributed by atoms with E-state index in [2.05, 4.69) is 13.0 Å². The maximum Gasteiger partial charge on any atom is 0.0856 e. The van der Waals surface area contributed by atoms with E-state index in [1.165, 1.54) is 12.8 Å². The average molecular weight is 152 g/mol. The van der Waals surface area contributed by atoms with Crippen LogP contribution in [0.25, 0.3) is 0 Å². The molecule has 0 bridgehead atoms. The molecule has 2 rings (SSSR count). The van der Waals surface area contributed by atoms with E-state index in [0.717, 1.165) is 12.8 Å². The van der Waals surface area contributed by atoms with Gasteiger partial charge in [0.2, 0.25) is 0 Å². The smallest absolute Gasteiger partial charge is 0.0856 e. The lowest BCUT2D eigenvalue weighted by Gasteiger charge is -2.29. The van der Waals surface area contributed by atoms with Gasteiger partial charge in [-0.25, -0.2) is 0 Å². The fourth-order valence-electron chi connectivity index (χ4n) is 1.89. The SMILES string of the molecule is CC1C=CC(O)(C2CC2)CC1. The zero-order valence-electron chi connectivity index (χ0n) is 7.09. The second-order valence-corrected chi connectivity index (χ2v) is 4.14. The van der Waals surface area contributed by atoms with E-state index in [1.807, 2.05) is 6.08 Å². The fraction of sp³-hybridized carbons (Fsp3) is 0.800. The van der Waals surface area contributed by atoms with Crippen molar-refractivity contribution in [3.05, 3.63) is 12.2 Å². The van der Waals surface area contributed by atoms with Gasteiger partial charge in [0, 0.05) is 0 Å². The van der Waals surface area contributed by atoms with Crippen LogP contribution in [0.15, 0.2) is 12.2 Å². The van der Waals surface area contributed by atoms with Crippen LogP contribution >= 0.6 is 0 Å². The van der Waals surface area contributed by atoms with Gasteiger partial charge in [0.05, 0.1) is 5.60 Å². The monoisotopic (exact) mass is 152 g/mol. The molecule has 0 aliphatic heterocycles. The van der Waals surface area contributed by atoms with Gasteiger partial charge in [0.15, 0.2) is 0 Å². The van der Waals surface area contributed by atoms with E-state index in [0.29, 0.717) is 11.8 Å². The summed E-state index contributed by atoms with van der Waals surface area (Å²) >= 11 is 0. The Morgan fingerprint density at radius 1 is 1.36 bits per heavy atom. The molecule has 62 valence electrons. The zero-order valence-corrected chi connectivity index (χ0v) is 7.09. The van der Waals surface area contributed by atoms with Gasteiger partial charge in [-0.1, -0.05) is 19.1 Å². The second-order valence-electron chi connectivity index (χ2n) is 4.14. The highest BCUT2D eigenvalue weighted by atomic mass is 16.3. The molecule has 1 N–H and O–H groups in total. The summed E-state index contributed by atoms with van der Waals surface area (Å²) in [5, 5.41) is 10.0. The molecule has 0 amide bonds. The van der Waals surface area contributed by atoms with Gasteiger partial charge in [-0.3, -0.25) is 0 Å². The van der Waals surface area contributed by atoms with Crippen molar-refractivity contribution in [3.8, 4) is 0 Å². The minimum Gasteiger partial charge on any atom is -0.386 e. The lowest BCUT2D eigenvalue weighted by molar-refractivity contribution is 0.0473. The van der Waals surface area contributed by atoms with E-state index in [1.54, 1.807) is 0 Å². The Morgan fingerprint density at radius 2 is 2.09 bits per heavy atom. The number of aliphatic hydroxyl groups is 1. The molecular weight excluding hydrogens is 136 g/mol. The second kappa shape index (κ2) is 2.34. The first-order valence-electron chi connectivity index (χ1n) is 4.62. The van der Waals surface area contributed by atoms with Crippen LogP contribution in [-0.4, -0.2) is 10.7 Å². The third-order valence-electron chi connectivity index (χ3n) is 3.00. The third kappa shape index (κ3) is 1.34. The van der Waals surface area contributed by atoms with Crippen LogP contribution in [0.3, 0.4) is 0 Å². The van der Waals surface area contributed by atoms with Crippen LogP contribution in [-0.2, 0) is 0 Å². The maximum absolute atomic E-state index is 10.0. The summed E-state index contributed by atoms with van der Waals surface area (Å²) in [5.74, 6) is 1.26. The van der Waals surface area contributed by atoms with E-state index in [-0.39, 0.29) is 0 Å². The Balaban J connectivity index is 2.08. The van der Waals surface area contributed by atoms with Gasteiger partial charge in [0.25, 0.3) is 0 Å². The molecule has 1 fully saturated rings. The standard InChI is InChI=1S/C10H16O/c1-8-4-6-10(11,7-5-8)9-2-3-9/h4,6,8-9,11H,2-3,5,7H2,1H3. The van der Waals surface area contributed by atoms with Crippen molar-refractivity contribution >= 4 is 0 Å². The molecule has 2 atom stereocenters. The highest BCUT2D eigenvalue weighted by molar-refractivity contribution is 5.12. The lowest BCUT2D eigenvalue weighted by atomic mass is 9.83. The summed E-state index contributed by atoms with van der Waals surface area (Å²) in [7, 11) is 0. The van der Waals surface area contributed by atoms with Crippen molar-refractivity contribution in [2.75, 3.05) is 0 Å². The topological polar surface area (TPSA) is 20.2 Å². The summed E-state index contributed by atoms with van der Waals surface area (Å²) in [6.45, 7) is 2.21. The molecule has 0 saturated heterocycles. The van der Waals surface area contributed by atoms with Gasteiger partial charge < -0.3 is 5.11 Å². The number of rotatable bonds is 1. The normalized spacial score (nSPS) is 44.4. The number of hydrogen-bond acceptors (Lipinski definition) is 1. The predicted molar refractivity (Wildman–Crippen MR) is 45.2 cm³/mol. The molecule has 2 aliphatic carbocycles.